The monoisotopic (exact) mass is 302 g/mol. The lowest BCUT2D eigenvalue weighted by Crippen LogP contribution is -2.14. The summed E-state index contributed by atoms with van der Waals surface area (Å²) in [6.45, 7) is 4.69. The van der Waals surface area contributed by atoms with Crippen LogP contribution in [-0.2, 0) is 6.42 Å². The number of hydrogen-bond donors (Lipinski definition) is 0. The van der Waals surface area contributed by atoms with Gasteiger partial charge in [-0.05, 0) is 31.0 Å². The van der Waals surface area contributed by atoms with Crippen LogP contribution in [0.3, 0.4) is 0 Å². The Hall–Kier alpha value is -2.23. The zero-order chi connectivity index (χ0) is 16.1. The van der Waals surface area contributed by atoms with E-state index in [2.05, 4.69) is 4.99 Å². The van der Waals surface area contributed by atoms with Crippen molar-refractivity contribution in [3.05, 3.63) is 64.7 Å². The first-order chi connectivity index (χ1) is 10.5. The zero-order valence-corrected chi connectivity index (χ0v) is 13.1. The number of aryl methyl sites for hydroxylation is 1. The molecule has 2 rings (SSSR count). The topological polar surface area (TPSA) is 15.6 Å². The summed E-state index contributed by atoms with van der Waals surface area (Å²) in [4.78, 5) is 5.77. The van der Waals surface area contributed by atoms with Crippen molar-refractivity contribution in [2.24, 2.45) is 4.99 Å². The molecule has 22 heavy (non-hydrogen) atoms. The van der Waals surface area contributed by atoms with Gasteiger partial charge in [-0.2, -0.15) is 0 Å². The average Bonchev–Trinajstić information content (AvgIpc) is 2.51. The Kier molecular flexibility index (Phi) is 5.26. The van der Waals surface area contributed by atoms with E-state index >= 15 is 0 Å². The van der Waals surface area contributed by atoms with Gasteiger partial charge in [-0.1, -0.05) is 29.8 Å². The van der Waals surface area contributed by atoms with E-state index < -0.39 is 11.6 Å². The molecule has 0 spiro atoms. The lowest BCUT2D eigenvalue weighted by Gasteiger charge is -2.09. The first kappa shape index (κ1) is 16.1. The van der Waals surface area contributed by atoms with Gasteiger partial charge in [0.1, 0.15) is 17.3 Å². The van der Waals surface area contributed by atoms with Gasteiger partial charge in [-0.3, -0.25) is 0 Å². The fourth-order valence-electron chi connectivity index (χ4n) is 1.98. The maximum atomic E-state index is 14.1. The maximum Gasteiger partial charge on any atom is 0.149 e. The predicted molar refractivity (Wildman–Crippen MR) is 86.8 cm³/mol. The number of aliphatic imine (C=N–C) groups is 1. The van der Waals surface area contributed by atoms with Crippen molar-refractivity contribution in [1.29, 1.82) is 0 Å². The van der Waals surface area contributed by atoms with Crippen LogP contribution in [0.1, 0.15) is 23.6 Å². The summed E-state index contributed by atoms with van der Waals surface area (Å²) >= 11 is 0. The van der Waals surface area contributed by atoms with E-state index in [1.807, 2.05) is 45.2 Å². The highest BCUT2D eigenvalue weighted by Gasteiger charge is 2.10. The van der Waals surface area contributed by atoms with Gasteiger partial charge in [-0.25, -0.2) is 13.8 Å². The summed E-state index contributed by atoms with van der Waals surface area (Å²) < 4.78 is 28.2. The Morgan fingerprint density at radius 1 is 1.09 bits per heavy atom. The van der Waals surface area contributed by atoms with Gasteiger partial charge in [0.2, 0.25) is 0 Å². The largest absolute Gasteiger partial charge is 0.366 e. The van der Waals surface area contributed by atoms with Crippen LogP contribution < -0.4 is 0 Å². The Balaban J connectivity index is 2.22. The molecule has 0 unspecified atom stereocenters. The van der Waals surface area contributed by atoms with Crippen molar-refractivity contribution >= 4 is 12.0 Å². The molecule has 0 bridgehead atoms. The summed E-state index contributed by atoms with van der Waals surface area (Å²) in [5.41, 5.74) is 2.45. The quantitative estimate of drug-likeness (QED) is 0.587. The Labute approximate surface area is 130 Å². The van der Waals surface area contributed by atoms with Gasteiger partial charge in [-0.15, -0.1) is 0 Å². The molecular weight excluding hydrogens is 282 g/mol. The molecule has 0 radical (unpaired) electrons. The molecular formula is C18H20F2N2. The third-order valence-electron chi connectivity index (χ3n) is 3.52. The second-order valence-electron chi connectivity index (χ2n) is 5.38. The minimum atomic E-state index is -0.510. The van der Waals surface area contributed by atoms with E-state index in [1.54, 1.807) is 4.90 Å². The van der Waals surface area contributed by atoms with E-state index in [9.17, 15) is 8.78 Å². The summed E-state index contributed by atoms with van der Waals surface area (Å²) in [5.74, 6) is -0.947. The van der Waals surface area contributed by atoms with E-state index in [4.69, 9.17) is 0 Å². The Bertz CT molecular complexity index is 664. The summed E-state index contributed by atoms with van der Waals surface area (Å²) in [6, 6.07) is 10.2. The summed E-state index contributed by atoms with van der Waals surface area (Å²) in [6.07, 6.45) is 1.86. The molecule has 2 aromatic rings. The van der Waals surface area contributed by atoms with Crippen LogP contribution in [0, 0.1) is 18.6 Å². The second-order valence-corrected chi connectivity index (χ2v) is 5.38. The van der Waals surface area contributed by atoms with Crippen LogP contribution >= 0.6 is 0 Å². The van der Waals surface area contributed by atoms with Crippen molar-refractivity contribution in [3.63, 3.8) is 0 Å². The second kappa shape index (κ2) is 7.16. The fraction of sp³-hybridized carbons (Fsp3) is 0.278. The number of benzene rings is 2. The third-order valence-corrected chi connectivity index (χ3v) is 3.52. The predicted octanol–water partition coefficient (Wildman–Crippen LogP) is 4.48. The number of halogens is 2. The lowest BCUT2D eigenvalue weighted by atomic mass is 10.0. The normalized spacial score (nSPS) is 11.1. The SMILES string of the molecule is CCN(C)C=Nc1cc(F)c(Cc2ccc(C)cc2)cc1F. The zero-order valence-electron chi connectivity index (χ0n) is 13.1. The lowest BCUT2D eigenvalue weighted by molar-refractivity contribution is 0.550. The molecule has 0 heterocycles. The van der Waals surface area contributed by atoms with E-state index in [-0.39, 0.29) is 5.69 Å². The molecule has 116 valence electrons. The molecule has 0 aromatic heterocycles. The molecule has 0 N–H and O–H groups in total. The Morgan fingerprint density at radius 2 is 1.77 bits per heavy atom. The molecule has 0 aliphatic rings. The van der Waals surface area contributed by atoms with Crippen molar-refractivity contribution in [2.75, 3.05) is 13.6 Å². The molecule has 2 aromatic carbocycles. The van der Waals surface area contributed by atoms with Gasteiger partial charge < -0.3 is 4.90 Å². The van der Waals surface area contributed by atoms with Crippen LogP contribution in [-0.4, -0.2) is 24.8 Å². The van der Waals surface area contributed by atoms with E-state index in [1.165, 1.54) is 12.4 Å². The fourth-order valence-corrected chi connectivity index (χ4v) is 1.98. The number of rotatable bonds is 5. The highest BCUT2D eigenvalue weighted by atomic mass is 19.1. The van der Waals surface area contributed by atoms with Gasteiger partial charge in [0.15, 0.2) is 0 Å². The van der Waals surface area contributed by atoms with Crippen molar-refractivity contribution in [1.82, 2.24) is 4.90 Å². The van der Waals surface area contributed by atoms with Gasteiger partial charge in [0, 0.05) is 26.1 Å². The molecule has 0 amide bonds. The molecule has 0 aliphatic heterocycles. The Morgan fingerprint density at radius 3 is 2.41 bits per heavy atom. The van der Waals surface area contributed by atoms with Gasteiger partial charge in [0.25, 0.3) is 0 Å². The van der Waals surface area contributed by atoms with E-state index in [0.29, 0.717) is 12.0 Å². The molecule has 0 saturated carbocycles. The maximum absolute atomic E-state index is 14.1. The molecule has 2 nitrogen and oxygen atoms in total. The number of nitrogens with zero attached hydrogens (tertiary/aromatic N) is 2. The smallest absolute Gasteiger partial charge is 0.149 e. The first-order valence-electron chi connectivity index (χ1n) is 7.27. The average molecular weight is 302 g/mol. The van der Waals surface area contributed by atoms with Crippen LogP contribution in [0.4, 0.5) is 14.5 Å². The van der Waals surface area contributed by atoms with Gasteiger partial charge in [0.05, 0.1) is 6.34 Å². The molecule has 0 saturated heterocycles. The van der Waals surface area contributed by atoms with Crippen LogP contribution in [0.15, 0.2) is 41.4 Å². The van der Waals surface area contributed by atoms with E-state index in [0.717, 1.165) is 23.7 Å². The standard InChI is InChI=1S/C18H20F2N2/c1-4-22(3)12-21-18-11-16(19)15(10-17(18)20)9-14-7-5-13(2)6-8-14/h5-8,10-12H,4,9H2,1-3H3. The summed E-state index contributed by atoms with van der Waals surface area (Å²) in [7, 11) is 1.82. The third kappa shape index (κ3) is 4.13. The van der Waals surface area contributed by atoms with Crippen molar-refractivity contribution < 1.29 is 8.78 Å². The molecule has 0 atom stereocenters. The minimum Gasteiger partial charge on any atom is -0.366 e. The first-order valence-corrected chi connectivity index (χ1v) is 7.27. The van der Waals surface area contributed by atoms with Crippen molar-refractivity contribution in [3.8, 4) is 0 Å². The highest BCUT2D eigenvalue weighted by molar-refractivity contribution is 5.61. The molecule has 0 aliphatic carbocycles. The highest BCUT2D eigenvalue weighted by Crippen LogP contribution is 2.24. The van der Waals surface area contributed by atoms with Gasteiger partial charge >= 0.3 is 0 Å². The molecule has 0 fully saturated rings. The van der Waals surface area contributed by atoms with Crippen molar-refractivity contribution in [2.45, 2.75) is 20.3 Å². The van der Waals surface area contributed by atoms with Crippen LogP contribution in [0.25, 0.3) is 0 Å². The van der Waals surface area contributed by atoms with Crippen LogP contribution in [0.5, 0.6) is 0 Å². The minimum absolute atomic E-state index is 0.0189. The number of hydrogen-bond acceptors (Lipinski definition) is 1. The summed E-state index contributed by atoms with van der Waals surface area (Å²) in [5, 5.41) is 0. The molecule has 4 heteroatoms. The van der Waals surface area contributed by atoms with Crippen LogP contribution in [0.2, 0.25) is 0 Å².